The molecular formula is C15H25FN2O. The van der Waals surface area contributed by atoms with Crippen LogP contribution in [-0.4, -0.2) is 31.9 Å². The van der Waals surface area contributed by atoms with Crippen LogP contribution in [0, 0.1) is 5.82 Å². The number of nitrogens with zero attached hydrogens (tertiary/aromatic N) is 1. The summed E-state index contributed by atoms with van der Waals surface area (Å²) in [5.74, 6) is -0.221. The van der Waals surface area contributed by atoms with Crippen LogP contribution < -0.4 is 10.2 Å². The second-order valence-electron chi connectivity index (χ2n) is 5.12. The molecule has 0 bridgehead atoms. The summed E-state index contributed by atoms with van der Waals surface area (Å²) in [6, 6.07) is 4.98. The van der Waals surface area contributed by atoms with Gasteiger partial charge in [0.25, 0.3) is 0 Å². The zero-order valence-corrected chi connectivity index (χ0v) is 12.3. The molecule has 2 atom stereocenters. The molecule has 3 nitrogen and oxygen atoms in total. The van der Waals surface area contributed by atoms with Crippen molar-refractivity contribution in [1.82, 2.24) is 5.32 Å². The topological polar surface area (TPSA) is 35.5 Å². The lowest BCUT2D eigenvalue weighted by atomic mass is 10.0. The average molecular weight is 268 g/mol. The lowest BCUT2D eigenvalue weighted by Crippen LogP contribution is -2.25. The first-order valence-electron chi connectivity index (χ1n) is 6.84. The van der Waals surface area contributed by atoms with Gasteiger partial charge in [-0.1, -0.05) is 13.0 Å². The number of hydrogen-bond acceptors (Lipinski definition) is 3. The molecule has 0 aliphatic heterocycles. The third kappa shape index (κ3) is 4.80. The maximum atomic E-state index is 13.3. The molecule has 0 saturated heterocycles. The van der Waals surface area contributed by atoms with Gasteiger partial charge in [0.1, 0.15) is 5.82 Å². The minimum atomic E-state index is -0.249. The Morgan fingerprint density at radius 1 is 1.37 bits per heavy atom. The Labute approximate surface area is 115 Å². The second kappa shape index (κ2) is 7.46. The summed E-state index contributed by atoms with van der Waals surface area (Å²) in [5, 5.41) is 12.9. The fourth-order valence-corrected chi connectivity index (χ4v) is 2.05. The van der Waals surface area contributed by atoms with Crippen LogP contribution in [0.25, 0.3) is 0 Å². The number of nitrogens with one attached hydrogen (secondary N) is 1. The van der Waals surface area contributed by atoms with Gasteiger partial charge < -0.3 is 15.3 Å². The summed E-state index contributed by atoms with van der Waals surface area (Å²) in [6.45, 7) is 4.77. The number of halogens is 1. The zero-order chi connectivity index (χ0) is 14.4. The molecule has 0 aromatic heterocycles. The summed E-state index contributed by atoms with van der Waals surface area (Å²) in [7, 11) is 3.82. The van der Waals surface area contributed by atoms with Crippen molar-refractivity contribution in [3.8, 4) is 0 Å². The molecule has 0 aliphatic rings. The predicted molar refractivity (Wildman–Crippen MR) is 78.1 cm³/mol. The SMILES string of the molecule is CCC(O)CCNC(C)c1ccc(F)cc1N(C)C. The Morgan fingerprint density at radius 2 is 2.05 bits per heavy atom. The van der Waals surface area contributed by atoms with Gasteiger partial charge in [-0.25, -0.2) is 4.39 Å². The van der Waals surface area contributed by atoms with Gasteiger partial charge in [-0.15, -0.1) is 0 Å². The number of hydrogen-bond donors (Lipinski definition) is 2. The molecule has 1 aromatic carbocycles. The number of aliphatic hydroxyl groups excluding tert-OH is 1. The van der Waals surface area contributed by atoms with E-state index in [1.54, 1.807) is 6.07 Å². The lowest BCUT2D eigenvalue weighted by molar-refractivity contribution is 0.159. The van der Waals surface area contributed by atoms with E-state index in [-0.39, 0.29) is 18.0 Å². The normalized spacial score (nSPS) is 14.2. The fourth-order valence-electron chi connectivity index (χ4n) is 2.05. The molecule has 2 unspecified atom stereocenters. The molecule has 1 rings (SSSR count). The first-order valence-corrected chi connectivity index (χ1v) is 6.84. The maximum Gasteiger partial charge on any atom is 0.125 e. The minimum absolute atomic E-state index is 0.127. The molecule has 4 heteroatoms. The predicted octanol–water partition coefficient (Wildman–Crippen LogP) is 2.70. The highest BCUT2D eigenvalue weighted by atomic mass is 19.1. The van der Waals surface area contributed by atoms with E-state index in [4.69, 9.17) is 0 Å². The van der Waals surface area contributed by atoms with E-state index in [1.807, 2.05) is 32.0 Å². The molecule has 0 spiro atoms. The van der Waals surface area contributed by atoms with Crippen LogP contribution in [0.5, 0.6) is 0 Å². The van der Waals surface area contributed by atoms with E-state index in [0.717, 1.165) is 30.6 Å². The third-order valence-electron chi connectivity index (χ3n) is 3.34. The van der Waals surface area contributed by atoms with Crippen LogP contribution in [0.2, 0.25) is 0 Å². The van der Waals surface area contributed by atoms with Crippen LogP contribution in [0.3, 0.4) is 0 Å². The minimum Gasteiger partial charge on any atom is -0.393 e. The van der Waals surface area contributed by atoms with Gasteiger partial charge in [0, 0.05) is 25.8 Å². The van der Waals surface area contributed by atoms with Crippen molar-refractivity contribution >= 4 is 5.69 Å². The molecule has 1 aromatic rings. The van der Waals surface area contributed by atoms with E-state index in [1.165, 1.54) is 6.07 Å². The molecule has 2 N–H and O–H groups in total. The number of anilines is 1. The third-order valence-corrected chi connectivity index (χ3v) is 3.34. The Bertz CT molecular complexity index is 396. The number of rotatable bonds is 7. The summed E-state index contributed by atoms with van der Waals surface area (Å²) in [4.78, 5) is 1.91. The second-order valence-corrected chi connectivity index (χ2v) is 5.12. The Balaban J connectivity index is 2.68. The number of aliphatic hydroxyl groups is 1. The van der Waals surface area contributed by atoms with Crippen molar-refractivity contribution in [3.63, 3.8) is 0 Å². The van der Waals surface area contributed by atoms with E-state index in [0.29, 0.717) is 0 Å². The van der Waals surface area contributed by atoms with Crippen LogP contribution >= 0.6 is 0 Å². The van der Waals surface area contributed by atoms with Gasteiger partial charge in [-0.3, -0.25) is 0 Å². The van der Waals surface area contributed by atoms with Crippen LogP contribution in [0.15, 0.2) is 18.2 Å². The van der Waals surface area contributed by atoms with Crippen molar-refractivity contribution in [3.05, 3.63) is 29.6 Å². The first-order chi connectivity index (χ1) is 8.95. The van der Waals surface area contributed by atoms with Crippen molar-refractivity contribution in [1.29, 1.82) is 0 Å². The van der Waals surface area contributed by atoms with Gasteiger partial charge >= 0.3 is 0 Å². The molecule has 0 saturated carbocycles. The van der Waals surface area contributed by atoms with E-state index in [9.17, 15) is 9.50 Å². The highest BCUT2D eigenvalue weighted by Gasteiger charge is 2.13. The first kappa shape index (κ1) is 15.9. The van der Waals surface area contributed by atoms with Crippen molar-refractivity contribution in [2.45, 2.75) is 38.8 Å². The van der Waals surface area contributed by atoms with Gasteiger partial charge in [-0.05, 0) is 44.0 Å². The van der Waals surface area contributed by atoms with Gasteiger partial charge in [0.15, 0.2) is 0 Å². The maximum absolute atomic E-state index is 13.3. The molecule has 0 heterocycles. The monoisotopic (exact) mass is 268 g/mol. The highest BCUT2D eigenvalue weighted by molar-refractivity contribution is 5.54. The average Bonchev–Trinajstić information content (AvgIpc) is 2.38. The summed E-state index contributed by atoms with van der Waals surface area (Å²) >= 11 is 0. The highest BCUT2D eigenvalue weighted by Crippen LogP contribution is 2.25. The fraction of sp³-hybridized carbons (Fsp3) is 0.600. The smallest absolute Gasteiger partial charge is 0.125 e. The number of benzene rings is 1. The van der Waals surface area contributed by atoms with Crippen LogP contribution in [-0.2, 0) is 0 Å². The molecule has 108 valence electrons. The van der Waals surface area contributed by atoms with E-state index >= 15 is 0 Å². The zero-order valence-electron chi connectivity index (χ0n) is 12.3. The molecular weight excluding hydrogens is 243 g/mol. The standard InChI is InChI=1S/C15H25FN2O/c1-5-13(19)8-9-17-11(2)14-7-6-12(16)10-15(14)18(3)4/h6-7,10-11,13,17,19H,5,8-9H2,1-4H3. The summed E-state index contributed by atoms with van der Waals surface area (Å²) < 4.78 is 13.3. The van der Waals surface area contributed by atoms with Crippen LogP contribution in [0.1, 0.15) is 38.3 Å². The Kier molecular flexibility index (Phi) is 6.25. The van der Waals surface area contributed by atoms with Crippen molar-refractivity contribution < 1.29 is 9.50 Å². The quantitative estimate of drug-likeness (QED) is 0.798. The van der Waals surface area contributed by atoms with Gasteiger partial charge in [-0.2, -0.15) is 0 Å². The van der Waals surface area contributed by atoms with E-state index < -0.39 is 0 Å². The molecule has 0 fully saturated rings. The molecule has 0 amide bonds. The summed E-state index contributed by atoms with van der Waals surface area (Å²) in [6.07, 6.45) is 1.26. The van der Waals surface area contributed by atoms with Crippen LogP contribution in [0.4, 0.5) is 10.1 Å². The lowest BCUT2D eigenvalue weighted by Gasteiger charge is -2.23. The largest absolute Gasteiger partial charge is 0.393 e. The summed E-state index contributed by atoms with van der Waals surface area (Å²) in [5.41, 5.74) is 1.95. The van der Waals surface area contributed by atoms with E-state index in [2.05, 4.69) is 12.2 Å². The van der Waals surface area contributed by atoms with Crippen molar-refractivity contribution in [2.24, 2.45) is 0 Å². The molecule has 0 radical (unpaired) electrons. The van der Waals surface area contributed by atoms with Crippen molar-refractivity contribution in [2.75, 3.05) is 25.5 Å². The molecule has 19 heavy (non-hydrogen) atoms. The Hall–Kier alpha value is -1.13. The Morgan fingerprint density at radius 3 is 2.63 bits per heavy atom. The van der Waals surface area contributed by atoms with Gasteiger partial charge in [0.05, 0.1) is 6.10 Å². The van der Waals surface area contributed by atoms with Gasteiger partial charge in [0.2, 0.25) is 0 Å². The molecule has 0 aliphatic carbocycles.